The van der Waals surface area contributed by atoms with Gasteiger partial charge in [-0.2, -0.15) is 13.2 Å². The first-order valence-electron chi connectivity index (χ1n) is 6.12. The second-order valence-corrected chi connectivity index (χ2v) is 5.35. The zero-order valence-electron chi connectivity index (χ0n) is 10.8. The monoisotopic (exact) mass is 338 g/mol. The summed E-state index contributed by atoms with van der Waals surface area (Å²) in [6.45, 7) is 1.55. The van der Waals surface area contributed by atoms with E-state index < -0.39 is 12.7 Å². The van der Waals surface area contributed by atoms with Crippen LogP contribution in [-0.2, 0) is 0 Å². The van der Waals surface area contributed by atoms with Crippen LogP contribution in [0.25, 0.3) is 0 Å². The molecule has 0 radical (unpaired) electrons. The number of alkyl halides is 3. The lowest BCUT2D eigenvalue weighted by Gasteiger charge is -2.23. The summed E-state index contributed by atoms with van der Waals surface area (Å²) >= 11 is 3.33. The van der Waals surface area contributed by atoms with E-state index in [1.165, 1.54) is 4.90 Å². The van der Waals surface area contributed by atoms with Gasteiger partial charge in [-0.25, -0.2) is 0 Å². The minimum atomic E-state index is -4.16. The fourth-order valence-corrected chi connectivity index (χ4v) is 2.07. The zero-order chi connectivity index (χ0) is 14.5. The van der Waals surface area contributed by atoms with E-state index in [0.717, 1.165) is 10.0 Å². The first-order chi connectivity index (χ1) is 8.81. The third kappa shape index (κ3) is 6.40. The smallest absolute Gasteiger partial charge is 0.324 e. The summed E-state index contributed by atoms with van der Waals surface area (Å²) in [5.41, 5.74) is 6.92. The molecule has 0 aliphatic rings. The third-order valence-electron chi connectivity index (χ3n) is 2.90. The first kappa shape index (κ1) is 16.5. The van der Waals surface area contributed by atoms with Gasteiger partial charge < -0.3 is 5.73 Å². The molecule has 2 nitrogen and oxygen atoms in total. The topological polar surface area (TPSA) is 29.3 Å². The van der Waals surface area contributed by atoms with Crippen LogP contribution in [0, 0.1) is 0 Å². The lowest BCUT2D eigenvalue weighted by atomic mass is 10.0. The van der Waals surface area contributed by atoms with E-state index in [2.05, 4.69) is 15.9 Å². The van der Waals surface area contributed by atoms with Crippen LogP contribution in [0.2, 0.25) is 0 Å². The molecule has 1 unspecified atom stereocenters. The van der Waals surface area contributed by atoms with Crippen molar-refractivity contribution in [3.63, 3.8) is 0 Å². The molecule has 0 bridgehead atoms. The van der Waals surface area contributed by atoms with Crippen LogP contribution in [0.4, 0.5) is 13.2 Å². The summed E-state index contributed by atoms with van der Waals surface area (Å²) in [6, 6.07) is 7.28. The number of halogens is 4. The number of hydrogen-bond donors (Lipinski definition) is 1. The molecule has 6 heteroatoms. The standard InChI is InChI=1S/C13H18BrF3N2/c1-2-19(9-13(15,16)17)8-7-12(18)10-3-5-11(14)6-4-10/h3-6,12H,2,7-9,18H2,1H3. The van der Waals surface area contributed by atoms with Crippen LogP contribution < -0.4 is 5.73 Å². The van der Waals surface area contributed by atoms with Gasteiger partial charge in [0.2, 0.25) is 0 Å². The molecule has 1 aromatic rings. The highest BCUT2D eigenvalue weighted by atomic mass is 79.9. The second kappa shape index (κ2) is 7.26. The number of hydrogen-bond acceptors (Lipinski definition) is 2. The average Bonchev–Trinajstić information content (AvgIpc) is 2.33. The normalized spacial score (nSPS) is 13.8. The molecule has 2 N–H and O–H groups in total. The number of nitrogens with two attached hydrogens (primary N) is 1. The van der Waals surface area contributed by atoms with Crippen molar-refractivity contribution in [1.82, 2.24) is 4.90 Å². The summed E-state index contributed by atoms with van der Waals surface area (Å²) in [5.74, 6) is 0. The van der Waals surface area contributed by atoms with E-state index in [-0.39, 0.29) is 6.04 Å². The molecule has 0 aliphatic heterocycles. The fourth-order valence-electron chi connectivity index (χ4n) is 1.80. The van der Waals surface area contributed by atoms with Crippen molar-refractivity contribution >= 4 is 15.9 Å². The average molecular weight is 339 g/mol. The molecule has 0 aromatic heterocycles. The molecule has 1 rings (SSSR count). The van der Waals surface area contributed by atoms with Crippen LogP contribution in [0.15, 0.2) is 28.7 Å². The second-order valence-electron chi connectivity index (χ2n) is 4.43. The van der Waals surface area contributed by atoms with Crippen molar-refractivity contribution in [2.45, 2.75) is 25.6 Å². The molecule has 19 heavy (non-hydrogen) atoms. The maximum Gasteiger partial charge on any atom is 0.401 e. The maximum absolute atomic E-state index is 12.3. The summed E-state index contributed by atoms with van der Waals surface area (Å²) in [5, 5.41) is 0. The summed E-state index contributed by atoms with van der Waals surface area (Å²) in [4.78, 5) is 1.36. The Morgan fingerprint density at radius 3 is 2.32 bits per heavy atom. The SMILES string of the molecule is CCN(CCC(N)c1ccc(Br)cc1)CC(F)(F)F. The third-order valence-corrected chi connectivity index (χ3v) is 3.43. The molecule has 0 saturated carbocycles. The van der Waals surface area contributed by atoms with Crippen molar-refractivity contribution < 1.29 is 13.2 Å². The zero-order valence-corrected chi connectivity index (χ0v) is 12.3. The largest absolute Gasteiger partial charge is 0.401 e. The van der Waals surface area contributed by atoms with Gasteiger partial charge in [-0.1, -0.05) is 35.0 Å². The van der Waals surface area contributed by atoms with E-state index in [4.69, 9.17) is 5.73 Å². The molecule has 1 atom stereocenters. The van der Waals surface area contributed by atoms with Crippen molar-refractivity contribution in [1.29, 1.82) is 0 Å². The highest BCUT2D eigenvalue weighted by molar-refractivity contribution is 9.10. The molecule has 0 heterocycles. The van der Waals surface area contributed by atoms with Crippen LogP contribution in [0.5, 0.6) is 0 Å². The van der Waals surface area contributed by atoms with Gasteiger partial charge in [-0.3, -0.25) is 4.90 Å². The van der Waals surface area contributed by atoms with E-state index in [1.54, 1.807) is 6.92 Å². The van der Waals surface area contributed by atoms with Crippen molar-refractivity contribution in [3.8, 4) is 0 Å². The van der Waals surface area contributed by atoms with E-state index in [9.17, 15) is 13.2 Å². The van der Waals surface area contributed by atoms with E-state index >= 15 is 0 Å². The molecular weight excluding hydrogens is 321 g/mol. The Morgan fingerprint density at radius 1 is 1.26 bits per heavy atom. The van der Waals surface area contributed by atoms with Gasteiger partial charge >= 0.3 is 6.18 Å². The van der Waals surface area contributed by atoms with Crippen molar-refractivity contribution in [2.75, 3.05) is 19.6 Å². The summed E-state index contributed by atoms with van der Waals surface area (Å²) in [7, 11) is 0. The van der Waals surface area contributed by atoms with Gasteiger partial charge in [0.1, 0.15) is 0 Å². The Morgan fingerprint density at radius 2 is 1.84 bits per heavy atom. The van der Waals surface area contributed by atoms with Crippen LogP contribution in [-0.4, -0.2) is 30.7 Å². The summed E-state index contributed by atoms with van der Waals surface area (Å²) in [6.07, 6.45) is -3.65. The quantitative estimate of drug-likeness (QED) is 0.856. The molecule has 0 aliphatic carbocycles. The van der Waals surface area contributed by atoms with Crippen molar-refractivity contribution in [2.24, 2.45) is 5.73 Å². The van der Waals surface area contributed by atoms with Gasteiger partial charge in [0.05, 0.1) is 6.54 Å². The number of nitrogens with zero attached hydrogens (tertiary/aromatic N) is 1. The fraction of sp³-hybridized carbons (Fsp3) is 0.538. The molecule has 0 spiro atoms. The van der Waals surface area contributed by atoms with Gasteiger partial charge in [0, 0.05) is 17.1 Å². The minimum absolute atomic E-state index is 0.240. The molecule has 0 fully saturated rings. The van der Waals surface area contributed by atoms with E-state index in [0.29, 0.717) is 19.5 Å². The Bertz CT molecular complexity index is 378. The Kier molecular flexibility index (Phi) is 6.29. The minimum Gasteiger partial charge on any atom is -0.324 e. The highest BCUT2D eigenvalue weighted by Crippen LogP contribution is 2.20. The summed E-state index contributed by atoms with van der Waals surface area (Å²) < 4.78 is 37.9. The lowest BCUT2D eigenvalue weighted by Crippen LogP contribution is -2.35. The molecule has 0 amide bonds. The maximum atomic E-state index is 12.3. The molecular formula is C13H18BrF3N2. The predicted octanol–water partition coefficient (Wildman–Crippen LogP) is 3.72. The number of rotatable bonds is 6. The Hall–Kier alpha value is -0.590. The molecule has 0 saturated heterocycles. The number of benzene rings is 1. The van der Waals surface area contributed by atoms with Gasteiger partial charge in [0.15, 0.2) is 0 Å². The Balaban J connectivity index is 2.48. The molecule has 108 valence electrons. The van der Waals surface area contributed by atoms with Gasteiger partial charge in [-0.15, -0.1) is 0 Å². The highest BCUT2D eigenvalue weighted by Gasteiger charge is 2.30. The van der Waals surface area contributed by atoms with Crippen molar-refractivity contribution in [3.05, 3.63) is 34.3 Å². The van der Waals surface area contributed by atoms with Crippen LogP contribution >= 0.6 is 15.9 Å². The predicted molar refractivity (Wildman–Crippen MR) is 73.9 cm³/mol. The van der Waals surface area contributed by atoms with Gasteiger partial charge in [-0.05, 0) is 30.7 Å². The lowest BCUT2D eigenvalue weighted by molar-refractivity contribution is -0.145. The van der Waals surface area contributed by atoms with Crippen LogP contribution in [0.1, 0.15) is 24.9 Å². The van der Waals surface area contributed by atoms with Gasteiger partial charge in [0.25, 0.3) is 0 Å². The van der Waals surface area contributed by atoms with Crippen LogP contribution in [0.3, 0.4) is 0 Å². The Labute approximate surface area is 119 Å². The molecule has 1 aromatic carbocycles. The first-order valence-corrected chi connectivity index (χ1v) is 6.91. The van der Waals surface area contributed by atoms with E-state index in [1.807, 2.05) is 24.3 Å².